The standard InChI is InChI=1S/C21H14.C17H12.C13H10.C12H10O.C12H10.C11H18.C10H16.C10H18.C6H12.C5H10.C4H8/c1-3-7-16-12-20-18(9-14(16)5-1)11-19-10-15-6-2-4-8-17(15)13-21(19)20;1-2-6-13-11-17-15(9-12(13)5-1)10-14-7-3-4-8-16(14)17;1-3-7-12-10(5-1)9-11-6-2-4-8-13(11)12;1-3-7-11(8-4-1)13-12-9-5-2-6-10-12;1-3-7-11(8-4-1)12-9-5-2-6-10-12;1-2-4-11-9-6-5-8(7-9)10(11)3-1;1-7-2-9-4-8(1)5-10(3-7)6-9;1-2-6-10-8-4-3-7-9(10)5-1;1-2-4-6-5-3-1;1-2-4-5-3-1;1-2-4-3-1/h1-10,12-13H,11H2;1-9,11H,10H2;1-8H,9H2;1-10H;1-10H;8-11H,1-7H2;7-10H,1-6H2;9-10H,1-8H2;1-6H2;1-5H2;1-4H2. The van der Waals surface area contributed by atoms with Gasteiger partial charge in [0.25, 0.3) is 0 Å². The maximum absolute atomic E-state index is 5.58. The first-order valence-corrected chi connectivity index (χ1v) is 49.2. The van der Waals surface area contributed by atoms with E-state index in [4.69, 9.17) is 4.74 Å². The van der Waals surface area contributed by atoms with Crippen LogP contribution in [0.15, 0.2) is 303 Å². The van der Waals surface area contributed by atoms with Gasteiger partial charge in [-0.25, -0.2) is 0 Å². The zero-order chi connectivity index (χ0) is 82.1. The van der Waals surface area contributed by atoms with Crippen molar-refractivity contribution in [3.8, 4) is 56.0 Å². The van der Waals surface area contributed by atoms with Crippen molar-refractivity contribution >= 4 is 32.3 Å². The second-order valence-electron chi connectivity index (χ2n) is 38.7. The van der Waals surface area contributed by atoms with E-state index in [-0.39, 0.29) is 0 Å². The molecule has 6 bridgehead atoms. The van der Waals surface area contributed by atoms with E-state index in [0.717, 1.165) is 42.6 Å². The van der Waals surface area contributed by atoms with Crippen molar-refractivity contribution in [2.24, 2.45) is 59.2 Å². The maximum atomic E-state index is 5.58. The third-order valence-corrected chi connectivity index (χ3v) is 30.4. The number of ether oxygens (including phenoxy) is 1. The second-order valence-corrected chi connectivity index (χ2v) is 38.7. The molecule has 122 heavy (non-hydrogen) atoms. The molecule has 15 aliphatic rings. The number of hydrogen-bond donors (Lipinski definition) is 0. The Morgan fingerprint density at radius 2 is 0.410 bits per heavy atom. The zero-order valence-electron chi connectivity index (χ0n) is 73.6. The Morgan fingerprint density at radius 1 is 0.172 bits per heavy atom. The Kier molecular flexibility index (Phi) is 30.3. The lowest BCUT2D eigenvalue weighted by Gasteiger charge is -2.49. The van der Waals surface area contributed by atoms with Crippen LogP contribution < -0.4 is 4.74 Å². The fraction of sp³-hybridized carbons (Fsp3) is 0.405. The van der Waals surface area contributed by atoms with E-state index in [1.807, 2.05) is 72.8 Å². The highest BCUT2D eigenvalue weighted by molar-refractivity contribution is 5.97. The van der Waals surface area contributed by atoms with Gasteiger partial charge in [-0.15, -0.1) is 0 Å². The summed E-state index contributed by atoms with van der Waals surface area (Å²) in [7, 11) is 0. The van der Waals surface area contributed by atoms with Crippen molar-refractivity contribution in [1.82, 2.24) is 0 Å². The normalized spacial score (nSPS) is 23.1. The average molecular weight is 1610 g/mol. The molecule has 12 fully saturated rings. The van der Waals surface area contributed by atoms with Gasteiger partial charge in [-0.2, -0.15) is 0 Å². The molecule has 628 valence electrons. The Morgan fingerprint density at radius 3 is 0.730 bits per heavy atom. The smallest absolute Gasteiger partial charge is 0.127 e. The van der Waals surface area contributed by atoms with E-state index in [2.05, 4.69) is 231 Å². The summed E-state index contributed by atoms with van der Waals surface area (Å²) in [5.41, 5.74) is 19.8. The summed E-state index contributed by atoms with van der Waals surface area (Å²) in [4.78, 5) is 0. The summed E-state index contributed by atoms with van der Waals surface area (Å²) in [6.07, 6.45) is 58.8. The van der Waals surface area contributed by atoms with E-state index in [9.17, 15) is 0 Å². The van der Waals surface area contributed by atoms with Crippen molar-refractivity contribution < 1.29 is 4.74 Å². The van der Waals surface area contributed by atoms with Crippen LogP contribution in [0.2, 0.25) is 0 Å². The van der Waals surface area contributed by atoms with Gasteiger partial charge in [0, 0.05) is 0 Å². The molecule has 15 aliphatic carbocycles. The molecule has 0 aromatic heterocycles. The van der Waals surface area contributed by atoms with Crippen LogP contribution in [0.25, 0.3) is 76.8 Å². The van der Waals surface area contributed by atoms with Crippen LogP contribution >= 0.6 is 0 Å². The summed E-state index contributed by atoms with van der Waals surface area (Å²) in [6.45, 7) is 0. The number of fused-ring (bicyclic) bond motifs is 18. The Balaban J connectivity index is 0.0000000976. The molecular formula is C121H138O. The van der Waals surface area contributed by atoms with Crippen molar-refractivity contribution in [1.29, 1.82) is 0 Å². The summed E-state index contributed by atoms with van der Waals surface area (Å²) >= 11 is 0. The van der Waals surface area contributed by atoms with Gasteiger partial charge in [-0.3, -0.25) is 0 Å². The molecule has 0 heterocycles. The quantitative estimate of drug-likeness (QED) is 0.171. The minimum atomic E-state index is 0.869. The van der Waals surface area contributed by atoms with Crippen LogP contribution in [0.4, 0.5) is 0 Å². The van der Waals surface area contributed by atoms with E-state index >= 15 is 0 Å². The van der Waals surface area contributed by atoms with E-state index in [1.54, 1.807) is 109 Å². The lowest BCUT2D eigenvalue weighted by molar-refractivity contribution is 0.0198. The number of hydrogen-bond acceptors (Lipinski definition) is 1. The molecule has 0 spiro atoms. The highest BCUT2D eigenvalue weighted by atomic mass is 16.5. The van der Waals surface area contributed by atoms with Gasteiger partial charge >= 0.3 is 0 Å². The van der Waals surface area contributed by atoms with Gasteiger partial charge in [0.15, 0.2) is 0 Å². The Hall–Kier alpha value is -9.56. The first-order chi connectivity index (χ1) is 60.5. The molecular weight excluding hydrogens is 1470 g/mol. The van der Waals surface area contributed by atoms with Gasteiger partial charge in [-0.1, -0.05) is 421 Å². The molecule has 12 saturated carbocycles. The summed E-state index contributed by atoms with van der Waals surface area (Å²) in [5, 5.41) is 8.03. The SMILES string of the molecule is C1C2CC3CC1CC(C2)C3.C1CCC1.C1CCC2C3CCC(C3)C2C1.C1CCC2CCCCC2C1.C1CCCC1.C1CCCCC1.c1ccc(-c2ccccc2)cc1.c1ccc(Oc2ccccc2)cc1.c1ccc2c(c1)Cc1cc3ccccc3cc1-2.c1ccc2c(c1)Cc1ccccc1-2.c1ccc2cc3c(cc2c1)Cc1cc2ccccc2cc1-3. The van der Waals surface area contributed by atoms with Crippen LogP contribution in [0.1, 0.15) is 265 Å². The number of rotatable bonds is 3. The number of benzene rings is 13. The largest absolute Gasteiger partial charge is 0.457 e. The molecule has 0 aliphatic heterocycles. The molecule has 28 rings (SSSR count). The maximum Gasteiger partial charge on any atom is 0.127 e. The molecule has 4 atom stereocenters. The van der Waals surface area contributed by atoms with Crippen LogP contribution in [-0.2, 0) is 19.3 Å². The minimum Gasteiger partial charge on any atom is -0.457 e. The third-order valence-electron chi connectivity index (χ3n) is 30.4. The van der Waals surface area contributed by atoms with Crippen LogP contribution in [0.5, 0.6) is 11.5 Å². The van der Waals surface area contributed by atoms with E-state index < -0.39 is 0 Å². The zero-order valence-corrected chi connectivity index (χ0v) is 73.6. The molecule has 1 nitrogen and oxygen atoms in total. The molecule has 0 saturated heterocycles. The van der Waals surface area contributed by atoms with Crippen molar-refractivity contribution in [2.75, 3.05) is 0 Å². The van der Waals surface area contributed by atoms with Crippen molar-refractivity contribution in [3.63, 3.8) is 0 Å². The Bertz CT molecular complexity index is 5030. The summed E-state index contributed by atoms with van der Waals surface area (Å²) < 4.78 is 5.58. The van der Waals surface area contributed by atoms with Gasteiger partial charge in [0.2, 0.25) is 0 Å². The third kappa shape index (κ3) is 22.7. The molecule has 13 aromatic carbocycles. The second kappa shape index (κ2) is 43.7. The first kappa shape index (κ1) is 84.6. The van der Waals surface area contributed by atoms with Gasteiger partial charge in [0.05, 0.1) is 0 Å². The summed E-state index contributed by atoms with van der Waals surface area (Å²) in [6, 6.07) is 106. The van der Waals surface area contributed by atoms with Crippen LogP contribution in [-0.4, -0.2) is 0 Å². The molecule has 13 aromatic rings. The van der Waals surface area contributed by atoms with E-state index in [0.29, 0.717) is 0 Å². The van der Waals surface area contributed by atoms with Gasteiger partial charge in [0.1, 0.15) is 11.5 Å². The lowest BCUT2D eigenvalue weighted by atomic mass is 9.56. The number of para-hydroxylation sites is 2. The molecule has 0 N–H and O–H groups in total. The van der Waals surface area contributed by atoms with E-state index in [1.165, 1.54) is 280 Å². The molecule has 4 unspecified atom stereocenters. The van der Waals surface area contributed by atoms with Gasteiger partial charge in [-0.05, 0) is 302 Å². The van der Waals surface area contributed by atoms with Crippen LogP contribution in [0, 0.1) is 59.2 Å². The molecule has 0 amide bonds. The van der Waals surface area contributed by atoms with Gasteiger partial charge < -0.3 is 4.74 Å². The topological polar surface area (TPSA) is 9.23 Å². The predicted octanol–water partition coefficient (Wildman–Crippen LogP) is 35.3. The summed E-state index contributed by atoms with van der Waals surface area (Å²) in [5.74, 6) is 13.5. The average Bonchev–Trinajstić information content (AvgIpc) is 1.61. The Labute approximate surface area is 734 Å². The van der Waals surface area contributed by atoms with Crippen molar-refractivity contribution in [3.05, 3.63) is 337 Å². The lowest BCUT2D eigenvalue weighted by Crippen LogP contribution is -2.38. The monoisotopic (exact) mass is 1610 g/mol. The molecule has 1 heteroatoms. The fourth-order valence-electron chi connectivity index (χ4n) is 24.1. The first-order valence-electron chi connectivity index (χ1n) is 49.2. The minimum absolute atomic E-state index is 0.869. The molecule has 0 radical (unpaired) electrons. The predicted molar refractivity (Wildman–Crippen MR) is 523 cm³/mol. The fourth-order valence-corrected chi connectivity index (χ4v) is 24.1. The van der Waals surface area contributed by atoms with Crippen molar-refractivity contribution in [2.45, 2.75) is 250 Å². The highest BCUT2D eigenvalue weighted by Crippen LogP contribution is 2.58. The van der Waals surface area contributed by atoms with Crippen LogP contribution in [0.3, 0.4) is 0 Å². The highest BCUT2D eigenvalue weighted by Gasteiger charge is 2.48.